The van der Waals surface area contributed by atoms with Crippen molar-refractivity contribution in [3.05, 3.63) is 73.6 Å². The summed E-state index contributed by atoms with van der Waals surface area (Å²) < 4.78 is 1.29. The van der Waals surface area contributed by atoms with Gasteiger partial charge in [-0.05, 0) is 37.1 Å². The molecule has 0 saturated carbocycles. The Bertz CT molecular complexity index is 1260. The Morgan fingerprint density at radius 1 is 1.16 bits per heavy atom. The van der Waals surface area contributed by atoms with Gasteiger partial charge >= 0.3 is 5.97 Å². The summed E-state index contributed by atoms with van der Waals surface area (Å²) in [5.74, 6) is -1.03. The molecule has 3 N–H and O–H groups in total. The number of phenolic OH excluding ortho intramolecular Hbond substituents is 1. The Hall–Kier alpha value is -3.36. The first-order valence-corrected chi connectivity index (χ1v) is 10.4. The van der Waals surface area contributed by atoms with Gasteiger partial charge in [-0.15, -0.1) is 10.2 Å². The number of nitrogens with one attached hydrogen (secondary N) is 1. The number of aliphatic carboxylic acids is 1. The Balaban J connectivity index is 1.81. The molecule has 166 valence electrons. The van der Waals surface area contributed by atoms with E-state index in [1.54, 1.807) is 55.5 Å². The number of azo groups is 1. The monoisotopic (exact) mass is 474 g/mol. The van der Waals surface area contributed by atoms with Crippen LogP contribution >= 0.6 is 23.2 Å². The van der Waals surface area contributed by atoms with Gasteiger partial charge < -0.3 is 10.2 Å². The van der Waals surface area contributed by atoms with Crippen LogP contribution in [0.25, 0.3) is 12.2 Å². The molecular formula is C22H20Cl2N4O4. The fraction of sp³-hybridized carbons (Fsp3) is 0.182. The average Bonchev–Trinajstić information content (AvgIpc) is 3.00. The minimum atomic E-state index is -0.927. The van der Waals surface area contributed by atoms with E-state index < -0.39 is 11.5 Å². The first-order valence-electron chi connectivity index (χ1n) is 9.64. The van der Waals surface area contributed by atoms with Gasteiger partial charge in [0.25, 0.3) is 5.56 Å². The first kappa shape index (κ1) is 23.3. The molecule has 0 aliphatic carbocycles. The summed E-state index contributed by atoms with van der Waals surface area (Å²) >= 11 is 12.1. The average molecular weight is 475 g/mol. The number of benzene rings is 2. The van der Waals surface area contributed by atoms with Crippen LogP contribution in [0.15, 0.2) is 51.4 Å². The van der Waals surface area contributed by atoms with E-state index in [1.165, 1.54) is 4.68 Å². The second-order valence-electron chi connectivity index (χ2n) is 6.95. The number of aromatic hydroxyl groups is 1. The molecule has 1 aromatic heterocycles. The molecule has 1 heterocycles. The molecule has 0 atom stereocenters. The standard InChI is InChI=1S/C22H20Cl2N4O4/c1-13-20(22(32)28(27-13)11-3-6-19(29)30)26-25-18-5-2-4-15(21(18)31)8-7-14-9-10-16(23)12-17(14)24/h2,4-5,7-10,12,27,31H,3,6,11H2,1H3,(H,29,30)/b8-7+,26-25?. The smallest absolute Gasteiger partial charge is 0.303 e. The molecular weight excluding hydrogens is 455 g/mol. The third-order valence-electron chi connectivity index (χ3n) is 4.59. The highest BCUT2D eigenvalue weighted by Gasteiger charge is 2.12. The Labute approximate surface area is 193 Å². The van der Waals surface area contributed by atoms with Crippen LogP contribution in [0.4, 0.5) is 11.4 Å². The number of aromatic amines is 1. The fourth-order valence-corrected chi connectivity index (χ4v) is 3.41. The van der Waals surface area contributed by atoms with E-state index >= 15 is 0 Å². The van der Waals surface area contributed by atoms with Gasteiger partial charge in [-0.1, -0.05) is 53.6 Å². The largest absolute Gasteiger partial charge is 0.505 e. The highest BCUT2D eigenvalue weighted by atomic mass is 35.5. The van der Waals surface area contributed by atoms with Crippen molar-refractivity contribution in [2.24, 2.45) is 10.2 Å². The van der Waals surface area contributed by atoms with E-state index in [1.807, 2.05) is 0 Å². The zero-order chi connectivity index (χ0) is 23.3. The number of H-pyrrole nitrogens is 1. The Kier molecular flexibility index (Phi) is 7.50. The summed E-state index contributed by atoms with van der Waals surface area (Å²) in [7, 11) is 0. The van der Waals surface area contributed by atoms with Crippen molar-refractivity contribution < 1.29 is 15.0 Å². The highest BCUT2D eigenvalue weighted by Crippen LogP contribution is 2.33. The number of carbonyl (C=O) groups is 1. The maximum Gasteiger partial charge on any atom is 0.303 e. The highest BCUT2D eigenvalue weighted by molar-refractivity contribution is 6.35. The molecule has 0 bridgehead atoms. The topological polar surface area (TPSA) is 120 Å². The summed E-state index contributed by atoms with van der Waals surface area (Å²) in [6.45, 7) is 1.89. The van der Waals surface area contributed by atoms with Gasteiger partial charge in [0.2, 0.25) is 0 Å². The number of carboxylic acid groups (broad SMARTS) is 1. The summed E-state index contributed by atoms with van der Waals surface area (Å²) in [4.78, 5) is 23.1. The van der Waals surface area contributed by atoms with E-state index in [4.69, 9.17) is 28.3 Å². The van der Waals surface area contributed by atoms with E-state index in [2.05, 4.69) is 15.3 Å². The van der Waals surface area contributed by atoms with Gasteiger partial charge in [0, 0.05) is 28.6 Å². The number of rotatable bonds is 8. The van der Waals surface area contributed by atoms with E-state index in [-0.39, 0.29) is 30.1 Å². The molecule has 3 aromatic rings. The Morgan fingerprint density at radius 2 is 1.91 bits per heavy atom. The number of hydrogen-bond acceptors (Lipinski definition) is 5. The molecule has 8 nitrogen and oxygen atoms in total. The first-order chi connectivity index (χ1) is 15.3. The fourth-order valence-electron chi connectivity index (χ4n) is 2.94. The summed E-state index contributed by atoms with van der Waals surface area (Å²) in [5.41, 5.74) is 1.57. The molecule has 0 spiro atoms. The van der Waals surface area contributed by atoms with Crippen molar-refractivity contribution in [3.63, 3.8) is 0 Å². The molecule has 2 aromatic carbocycles. The van der Waals surface area contributed by atoms with Crippen LogP contribution in [0, 0.1) is 6.92 Å². The number of halogens is 2. The lowest BCUT2D eigenvalue weighted by Gasteiger charge is -2.03. The Morgan fingerprint density at radius 3 is 2.62 bits per heavy atom. The predicted octanol–water partition coefficient (Wildman–Crippen LogP) is 5.95. The van der Waals surface area contributed by atoms with Crippen LogP contribution < -0.4 is 5.56 Å². The van der Waals surface area contributed by atoms with E-state index in [9.17, 15) is 14.7 Å². The molecule has 0 aliphatic heterocycles. The third kappa shape index (κ3) is 5.66. The lowest BCUT2D eigenvalue weighted by molar-refractivity contribution is -0.137. The summed E-state index contributed by atoms with van der Waals surface area (Å²) in [5, 5.41) is 31.2. The molecule has 0 amide bonds. The minimum absolute atomic E-state index is 0.0449. The van der Waals surface area contributed by atoms with Crippen LogP contribution in [-0.2, 0) is 11.3 Å². The molecule has 0 saturated heterocycles. The summed E-state index contributed by atoms with van der Waals surface area (Å²) in [6, 6.07) is 10.1. The predicted molar refractivity (Wildman–Crippen MR) is 124 cm³/mol. The lowest BCUT2D eigenvalue weighted by atomic mass is 10.1. The van der Waals surface area contributed by atoms with Crippen molar-refractivity contribution in [1.82, 2.24) is 9.78 Å². The van der Waals surface area contributed by atoms with Crippen LogP contribution in [0.1, 0.15) is 29.7 Å². The van der Waals surface area contributed by atoms with Crippen LogP contribution in [0.2, 0.25) is 10.0 Å². The second-order valence-corrected chi connectivity index (χ2v) is 7.80. The number of hydrogen-bond donors (Lipinski definition) is 3. The van der Waals surface area contributed by atoms with Gasteiger partial charge in [-0.2, -0.15) is 0 Å². The van der Waals surface area contributed by atoms with Crippen molar-refractivity contribution in [1.29, 1.82) is 0 Å². The van der Waals surface area contributed by atoms with Crippen molar-refractivity contribution in [2.45, 2.75) is 26.3 Å². The van der Waals surface area contributed by atoms with Crippen molar-refractivity contribution >= 4 is 52.7 Å². The number of carboxylic acids is 1. The number of aryl methyl sites for hydroxylation is 2. The van der Waals surface area contributed by atoms with Gasteiger partial charge in [-0.3, -0.25) is 19.4 Å². The van der Waals surface area contributed by atoms with Gasteiger partial charge in [0.05, 0.1) is 5.69 Å². The number of para-hydroxylation sites is 1. The molecule has 3 rings (SSSR count). The van der Waals surface area contributed by atoms with E-state index in [0.717, 1.165) is 5.56 Å². The maximum atomic E-state index is 12.5. The number of aromatic nitrogens is 2. The number of nitrogens with zero attached hydrogens (tertiary/aromatic N) is 3. The molecule has 0 aliphatic rings. The minimum Gasteiger partial charge on any atom is -0.505 e. The van der Waals surface area contributed by atoms with Crippen LogP contribution in [0.5, 0.6) is 5.75 Å². The lowest BCUT2D eigenvalue weighted by Crippen LogP contribution is -2.17. The van der Waals surface area contributed by atoms with Crippen molar-refractivity contribution in [2.75, 3.05) is 0 Å². The zero-order valence-electron chi connectivity index (χ0n) is 17.0. The summed E-state index contributed by atoms with van der Waals surface area (Å²) in [6.07, 6.45) is 3.68. The SMILES string of the molecule is Cc1[nH]n(CCCC(=O)O)c(=O)c1N=Nc1cccc(/C=C/c2ccc(Cl)cc2Cl)c1O. The maximum absolute atomic E-state index is 12.5. The van der Waals surface area contributed by atoms with Gasteiger partial charge in [0.1, 0.15) is 11.4 Å². The quantitative estimate of drug-likeness (QED) is 0.276. The van der Waals surface area contributed by atoms with E-state index in [0.29, 0.717) is 27.7 Å². The van der Waals surface area contributed by atoms with Crippen LogP contribution in [0.3, 0.4) is 0 Å². The molecule has 32 heavy (non-hydrogen) atoms. The zero-order valence-corrected chi connectivity index (χ0v) is 18.6. The van der Waals surface area contributed by atoms with Gasteiger partial charge in [0.15, 0.2) is 5.69 Å². The number of phenols is 1. The molecule has 10 heteroatoms. The second kappa shape index (κ2) is 10.3. The van der Waals surface area contributed by atoms with Crippen LogP contribution in [-0.4, -0.2) is 26.0 Å². The van der Waals surface area contributed by atoms with Crippen molar-refractivity contribution in [3.8, 4) is 5.75 Å². The molecule has 0 unspecified atom stereocenters. The van der Waals surface area contributed by atoms with Gasteiger partial charge in [-0.25, -0.2) is 0 Å². The third-order valence-corrected chi connectivity index (χ3v) is 5.15. The normalized spacial score (nSPS) is 11.6. The molecule has 0 radical (unpaired) electrons. The molecule has 0 fully saturated rings.